The molecule has 6 aromatic rings. The minimum absolute atomic E-state index is 0.0848. The summed E-state index contributed by atoms with van der Waals surface area (Å²) < 4.78 is 3.24. The van der Waals surface area contributed by atoms with Gasteiger partial charge >= 0.3 is 5.69 Å². The van der Waals surface area contributed by atoms with Gasteiger partial charge in [-0.15, -0.1) is 10.2 Å². The Hall–Kier alpha value is -5.12. The molecule has 10 nitrogen and oxygen atoms in total. The van der Waals surface area contributed by atoms with Crippen LogP contribution < -0.4 is 11.2 Å². The number of hydrogen-bond donors (Lipinski definition) is 2. The molecular weight excluding hydrogens is 528 g/mol. The molecule has 0 spiro atoms. The number of nitrogens with zero attached hydrogens (tertiary/aromatic N) is 6. The van der Waals surface area contributed by atoms with Gasteiger partial charge in [-0.2, -0.15) is 5.21 Å². The van der Waals surface area contributed by atoms with Gasteiger partial charge in [-0.05, 0) is 39.8 Å². The van der Waals surface area contributed by atoms with Crippen molar-refractivity contribution < 1.29 is 0 Å². The normalized spacial score (nSPS) is 12.6. The minimum Gasteiger partial charge on any atom is -0.318 e. The predicted octanol–water partition coefficient (Wildman–Crippen LogP) is 4.98. The predicted molar refractivity (Wildman–Crippen MR) is 162 cm³/mol. The molecule has 0 amide bonds. The number of aromatic nitrogens is 8. The Kier molecular flexibility index (Phi) is 6.89. The molecule has 0 aliphatic heterocycles. The van der Waals surface area contributed by atoms with E-state index < -0.39 is 11.7 Å². The van der Waals surface area contributed by atoms with E-state index >= 15 is 0 Å². The number of rotatable bonds is 7. The second-order valence-electron chi connectivity index (χ2n) is 11.7. The lowest BCUT2D eigenvalue weighted by atomic mass is 9.92. The van der Waals surface area contributed by atoms with Gasteiger partial charge in [0.2, 0.25) is 5.82 Å². The maximum atomic E-state index is 14.0. The van der Waals surface area contributed by atoms with Crippen LogP contribution in [0.15, 0.2) is 88.5 Å². The molecule has 42 heavy (non-hydrogen) atoms. The van der Waals surface area contributed by atoms with Crippen molar-refractivity contribution in [1.82, 2.24) is 39.7 Å². The van der Waals surface area contributed by atoms with E-state index in [1.807, 2.05) is 78.2 Å². The molecule has 0 bridgehead atoms. The Labute approximate surface area is 242 Å². The molecule has 0 aliphatic rings. The third-order valence-corrected chi connectivity index (χ3v) is 7.39. The molecule has 1 atom stereocenters. The van der Waals surface area contributed by atoms with Crippen molar-refractivity contribution in [3.63, 3.8) is 0 Å². The van der Waals surface area contributed by atoms with Gasteiger partial charge in [0.05, 0.1) is 6.04 Å². The summed E-state index contributed by atoms with van der Waals surface area (Å²) in [6.45, 7) is 8.68. The summed E-state index contributed by atoms with van der Waals surface area (Å²) in [7, 11) is 0. The number of benzene rings is 3. The molecule has 0 aliphatic carbocycles. The zero-order chi connectivity index (χ0) is 29.4. The van der Waals surface area contributed by atoms with Gasteiger partial charge in [-0.3, -0.25) is 14.3 Å². The van der Waals surface area contributed by atoms with Gasteiger partial charge < -0.3 is 4.57 Å². The second kappa shape index (κ2) is 10.7. The zero-order valence-electron chi connectivity index (χ0n) is 24.0. The van der Waals surface area contributed by atoms with E-state index in [1.54, 1.807) is 0 Å². The number of fused-ring (bicyclic) bond motifs is 1. The summed E-state index contributed by atoms with van der Waals surface area (Å²) in [6.07, 6.45) is 0.632. The van der Waals surface area contributed by atoms with Crippen molar-refractivity contribution in [3.8, 4) is 22.5 Å². The van der Waals surface area contributed by atoms with Crippen molar-refractivity contribution in [2.24, 2.45) is 5.41 Å². The highest BCUT2D eigenvalue weighted by Gasteiger charge is 2.24. The standard InChI is InChI=1S/C32H32N8O2/c1-20(22-10-6-5-7-11-22)40-30(41)27-29(34-31(40)42)33-26(18-32(2,3)4)39(27)19-21-14-16-23(17-15-21)24-12-8-9-13-25(24)28-35-37-38-36-28/h5-17,20H,18-19H2,1-4H3,(H,34,42)(H,35,36,37,38). The summed E-state index contributed by atoms with van der Waals surface area (Å²) in [5, 5.41) is 14.5. The summed E-state index contributed by atoms with van der Waals surface area (Å²) in [5.41, 5.74) is 4.54. The second-order valence-corrected chi connectivity index (χ2v) is 11.7. The van der Waals surface area contributed by atoms with Crippen molar-refractivity contribution in [3.05, 3.63) is 117 Å². The fraction of sp³-hybridized carbons (Fsp3) is 0.250. The van der Waals surface area contributed by atoms with E-state index in [4.69, 9.17) is 4.98 Å². The monoisotopic (exact) mass is 560 g/mol. The molecular formula is C32H32N8O2. The molecule has 0 saturated heterocycles. The first-order chi connectivity index (χ1) is 20.2. The molecule has 1 unspecified atom stereocenters. The fourth-order valence-corrected chi connectivity index (χ4v) is 5.36. The van der Waals surface area contributed by atoms with Crippen LogP contribution in [0.2, 0.25) is 0 Å². The van der Waals surface area contributed by atoms with E-state index in [2.05, 4.69) is 58.5 Å². The summed E-state index contributed by atoms with van der Waals surface area (Å²) >= 11 is 0. The maximum Gasteiger partial charge on any atom is 0.330 e. The van der Waals surface area contributed by atoms with Crippen molar-refractivity contribution in [2.45, 2.75) is 46.7 Å². The van der Waals surface area contributed by atoms with E-state index in [-0.39, 0.29) is 11.0 Å². The molecule has 10 heteroatoms. The molecule has 3 aromatic heterocycles. The fourth-order valence-electron chi connectivity index (χ4n) is 5.36. The van der Waals surface area contributed by atoms with Crippen molar-refractivity contribution in [2.75, 3.05) is 0 Å². The lowest BCUT2D eigenvalue weighted by Crippen LogP contribution is -2.38. The number of H-pyrrole nitrogens is 2. The van der Waals surface area contributed by atoms with Crippen LogP contribution in [0.1, 0.15) is 50.7 Å². The number of aromatic amines is 2. The highest BCUT2D eigenvalue weighted by atomic mass is 16.2. The topological polar surface area (TPSA) is 127 Å². The van der Waals surface area contributed by atoms with Crippen LogP contribution in [0.3, 0.4) is 0 Å². The molecule has 0 radical (unpaired) electrons. The lowest BCUT2D eigenvalue weighted by Gasteiger charge is -2.19. The van der Waals surface area contributed by atoms with E-state index in [1.165, 1.54) is 4.57 Å². The van der Waals surface area contributed by atoms with Gasteiger partial charge in [0, 0.05) is 18.5 Å². The molecule has 6 rings (SSSR count). The molecule has 3 aromatic carbocycles. The molecule has 3 heterocycles. The number of hydrogen-bond acceptors (Lipinski definition) is 6. The average Bonchev–Trinajstić information content (AvgIpc) is 3.62. The highest BCUT2D eigenvalue weighted by molar-refractivity contribution is 5.80. The maximum absolute atomic E-state index is 14.0. The van der Waals surface area contributed by atoms with E-state index in [0.717, 1.165) is 33.6 Å². The molecule has 0 saturated carbocycles. The van der Waals surface area contributed by atoms with Gasteiger partial charge in [0.15, 0.2) is 11.2 Å². The average molecular weight is 561 g/mol. The Balaban J connectivity index is 1.43. The van der Waals surface area contributed by atoms with Gasteiger partial charge in [0.25, 0.3) is 5.56 Å². The lowest BCUT2D eigenvalue weighted by molar-refractivity contribution is 0.394. The first kappa shape index (κ1) is 27.1. The summed E-state index contributed by atoms with van der Waals surface area (Å²) in [6, 6.07) is 25.2. The molecule has 0 fully saturated rings. The van der Waals surface area contributed by atoms with Crippen LogP contribution >= 0.6 is 0 Å². The number of imidazole rings is 1. The van der Waals surface area contributed by atoms with Crippen molar-refractivity contribution in [1.29, 1.82) is 0 Å². The smallest absolute Gasteiger partial charge is 0.318 e. The van der Waals surface area contributed by atoms with Gasteiger partial charge in [0.1, 0.15) is 5.82 Å². The van der Waals surface area contributed by atoms with E-state index in [9.17, 15) is 9.59 Å². The third-order valence-electron chi connectivity index (χ3n) is 7.39. The molecule has 2 N–H and O–H groups in total. The van der Waals surface area contributed by atoms with Crippen molar-refractivity contribution >= 4 is 11.2 Å². The van der Waals surface area contributed by atoms with Crippen LogP contribution in [-0.4, -0.2) is 39.7 Å². The van der Waals surface area contributed by atoms with Crippen LogP contribution in [0.5, 0.6) is 0 Å². The number of nitrogens with one attached hydrogen (secondary N) is 2. The van der Waals surface area contributed by atoms with E-state index in [0.29, 0.717) is 30.0 Å². The van der Waals surface area contributed by atoms with Crippen LogP contribution in [0.4, 0.5) is 0 Å². The largest absolute Gasteiger partial charge is 0.330 e. The Morgan fingerprint density at radius 1 is 0.881 bits per heavy atom. The summed E-state index contributed by atoms with van der Waals surface area (Å²) in [5.74, 6) is 1.28. The number of tetrazole rings is 1. The highest BCUT2D eigenvalue weighted by Crippen LogP contribution is 2.30. The Bertz CT molecular complexity index is 1960. The Morgan fingerprint density at radius 3 is 2.24 bits per heavy atom. The summed E-state index contributed by atoms with van der Waals surface area (Å²) in [4.78, 5) is 34.8. The zero-order valence-corrected chi connectivity index (χ0v) is 24.0. The van der Waals surface area contributed by atoms with Gasteiger partial charge in [-0.25, -0.2) is 9.78 Å². The Morgan fingerprint density at radius 2 is 1.57 bits per heavy atom. The third kappa shape index (κ3) is 5.18. The van der Waals surface area contributed by atoms with Crippen LogP contribution in [-0.2, 0) is 13.0 Å². The van der Waals surface area contributed by atoms with Crippen LogP contribution in [0, 0.1) is 5.41 Å². The van der Waals surface area contributed by atoms with Gasteiger partial charge in [-0.1, -0.05) is 99.6 Å². The quantitative estimate of drug-likeness (QED) is 0.284. The SMILES string of the molecule is CC(c1ccccc1)n1c(=O)[nH]c2nc(CC(C)(C)C)n(Cc3ccc(-c4ccccc4-c4nn[nH]n4)cc3)c2c1=O. The van der Waals surface area contributed by atoms with Crippen LogP contribution in [0.25, 0.3) is 33.7 Å². The minimum atomic E-state index is -0.472. The molecule has 212 valence electrons. The first-order valence-electron chi connectivity index (χ1n) is 13.9. The first-order valence-corrected chi connectivity index (χ1v) is 13.9.